The van der Waals surface area contributed by atoms with E-state index in [4.69, 9.17) is 0 Å². The molecular weight excluding hydrogens is 158 g/mol. The van der Waals surface area contributed by atoms with Crippen LogP contribution in [-0.2, 0) is 0 Å². The minimum Gasteiger partial charge on any atom is -0.362 e. The molecule has 0 aromatic heterocycles. The van der Waals surface area contributed by atoms with Crippen molar-refractivity contribution >= 4 is 5.69 Å². The van der Waals surface area contributed by atoms with Gasteiger partial charge in [0.2, 0.25) is 0 Å². The summed E-state index contributed by atoms with van der Waals surface area (Å²) in [7, 11) is 0. The number of benzene rings is 1. The Morgan fingerprint density at radius 1 is 1.15 bits per heavy atom. The maximum atomic E-state index is 3.19. The Morgan fingerprint density at radius 3 is 2.62 bits per heavy atom. The number of hydrogen-bond acceptors (Lipinski definition) is 1. The number of hydrogen-bond donors (Lipinski definition) is 1. The molecule has 68 valence electrons. The molecule has 0 spiro atoms. The van der Waals surface area contributed by atoms with Crippen molar-refractivity contribution < 1.29 is 0 Å². The normalized spacial score (nSPS) is 11.2. The first-order valence-corrected chi connectivity index (χ1v) is 4.51. The average Bonchev–Trinajstić information content (AvgIpc) is 2.19. The molecule has 0 atom stereocenters. The molecule has 0 unspecified atom stereocenters. The van der Waals surface area contributed by atoms with E-state index in [1.165, 1.54) is 0 Å². The van der Waals surface area contributed by atoms with Crippen molar-refractivity contribution in [1.29, 1.82) is 0 Å². The van der Waals surface area contributed by atoms with E-state index in [2.05, 4.69) is 17.5 Å². The molecule has 1 aromatic rings. The second kappa shape index (κ2) is 6.06. The number of para-hydroxylation sites is 1. The minimum absolute atomic E-state index is 0.982. The topological polar surface area (TPSA) is 12.0 Å². The molecule has 1 nitrogen and oxygen atoms in total. The van der Waals surface area contributed by atoms with E-state index in [-0.39, 0.29) is 0 Å². The van der Waals surface area contributed by atoms with E-state index in [1.807, 2.05) is 49.5 Å². The van der Waals surface area contributed by atoms with Crippen LogP contribution >= 0.6 is 0 Å². The summed E-state index contributed by atoms with van der Waals surface area (Å²) in [6.45, 7) is 2.03. The molecule has 0 fully saturated rings. The Bertz CT molecular complexity index is 272. The Kier molecular flexibility index (Phi) is 4.47. The fraction of sp³-hybridized carbons (Fsp3) is 0.167. The second-order valence-corrected chi connectivity index (χ2v) is 2.72. The molecule has 1 rings (SSSR count). The third-order valence-corrected chi connectivity index (χ3v) is 1.65. The highest BCUT2D eigenvalue weighted by Gasteiger charge is 1.81. The van der Waals surface area contributed by atoms with Gasteiger partial charge in [-0.15, -0.1) is 0 Å². The van der Waals surface area contributed by atoms with Crippen molar-refractivity contribution in [1.82, 2.24) is 0 Å². The maximum absolute atomic E-state index is 3.19. The number of rotatable bonds is 4. The average molecular weight is 173 g/mol. The molecule has 1 heteroatoms. The fourth-order valence-corrected chi connectivity index (χ4v) is 0.972. The summed E-state index contributed by atoms with van der Waals surface area (Å²) in [5.74, 6) is 0. The predicted octanol–water partition coefficient (Wildman–Crippen LogP) is 3.58. The SMILES string of the molecule is CC=CCC=CNc1ccccc1. The fourth-order valence-electron chi connectivity index (χ4n) is 0.972. The summed E-state index contributed by atoms with van der Waals surface area (Å²) in [5.41, 5.74) is 1.12. The standard InChI is InChI=1S/C12H15N/c1-2-3-4-8-11-13-12-9-6-5-7-10-12/h2-3,5-11,13H,4H2,1H3. The summed E-state index contributed by atoms with van der Waals surface area (Å²) < 4.78 is 0. The Morgan fingerprint density at radius 2 is 1.92 bits per heavy atom. The van der Waals surface area contributed by atoms with Crippen molar-refractivity contribution in [2.75, 3.05) is 5.32 Å². The summed E-state index contributed by atoms with van der Waals surface area (Å²) in [6, 6.07) is 10.1. The molecule has 0 radical (unpaired) electrons. The van der Waals surface area contributed by atoms with Gasteiger partial charge in [0.25, 0.3) is 0 Å². The van der Waals surface area contributed by atoms with E-state index in [0.717, 1.165) is 12.1 Å². The molecule has 1 N–H and O–H groups in total. The zero-order chi connectivity index (χ0) is 9.36. The van der Waals surface area contributed by atoms with Gasteiger partial charge in [-0.2, -0.15) is 0 Å². The van der Waals surface area contributed by atoms with Crippen LogP contribution in [0.25, 0.3) is 0 Å². The van der Waals surface area contributed by atoms with Crippen molar-refractivity contribution in [3.8, 4) is 0 Å². The van der Waals surface area contributed by atoms with Gasteiger partial charge >= 0.3 is 0 Å². The molecular formula is C12H15N. The van der Waals surface area contributed by atoms with Gasteiger partial charge in [-0.3, -0.25) is 0 Å². The van der Waals surface area contributed by atoms with Crippen LogP contribution in [-0.4, -0.2) is 0 Å². The molecule has 13 heavy (non-hydrogen) atoms. The van der Waals surface area contributed by atoms with Crippen molar-refractivity contribution in [2.24, 2.45) is 0 Å². The first kappa shape index (κ1) is 9.59. The van der Waals surface area contributed by atoms with Gasteiger partial charge in [-0.25, -0.2) is 0 Å². The van der Waals surface area contributed by atoms with Crippen LogP contribution < -0.4 is 5.32 Å². The summed E-state index contributed by atoms with van der Waals surface area (Å²) >= 11 is 0. The largest absolute Gasteiger partial charge is 0.362 e. The van der Waals surface area contributed by atoms with Crippen molar-refractivity contribution in [2.45, 2.75) is 13.3 Å². The van der Waals surface area contributed by atoms with E-state index in [9.17, 15) is 0 Å². The third kappa shape index (κ3) is 4.16. The second-order valence-electron chi connectivity index (χ2n) is 2.72. The lowest BCUT2D eigenvalue weighted by atomic mass is 10.3. The smallest absolute Gasteiger partial charge is 0.0379 e. The zero-order valence-corrected chi connectivity index (χ0v) is 7.90. The molecule has 0 aliphatic heterocycles. The van der Waals surface area contributed by atoms with Gasteiger partial charge in [-0.05, 0) is 31.7 Å². The van der Waals surface area contributed by atoms with E-state index in [0.29, 0.717) is 0 Å². The third-order valence-electron chi connectivity index (χ3n) is 1.65. The molecule has 0 saturated carbocycles. The molecule has 0 heterocycles. The van der Waals surface area contributed by atoms with Crippen LogP contribution in [0.15, 0.2) is 54.8 Å². The molecule has 0 aliphatic rings. The lowest BCUT2D eigenvalue weighted by Crippen LogP contribution is -1.84. The van der Waals surface area contributed by atoms with Crippen LogP contribution in [0.3, 0.4) is 0 Å². The summed E-state index contributed by atoms with van der Waals surface area (Å²) in [5, 5.41) is 3.19. The van der Waals surface area contributed by atoms with Gasteiger partial charge in [0.1, 0.15) is 0 Å². The quantitative estimate of drug-likeness (QED) is 0.686. The monoisotopic (exact) mass is 173 g/mol. The highest BCUT2D eigenvalue weighted by Crippen LogP contribution is 2.04. The lowest BCUT2D eigenvalue weighted by Gasteiger charge is -1.97. The summed E-state index contributed by atoms with van der Waals surface area (Å²) in [4.78, 5) is 0. The zero-order valence-electron chi connectivity index (χ0n) is 7.90. The molecule has 0 amide bonds. The van der Waals surface area contributed by atoms with Gasteiger partial charge < -0.3 is 5.32 Å². The van der Waals surface area contributed by atoms with Gasteiger partial charge in [-0.1, -0.05) is 36.4 Å². The lowest BCUT2D eigenvalue weighted by molar-refractivity contribution is 1.36. The number of nitrogens with one attached hydrogen (secondary N) is 1. The van der Waals surface area contributed by atoms with Crippen molar-refractivity contribution in [3.63, 3.8) is 0 Å². The highest BCUT2D eigenvalue weighted by atomic mass is 14.8. The first-order valence-electron chi connectivity index (χ1n) is 4.51. The van der Waals surface area contributed by atoms with Crippen LogP contribution in [0.4, 0.5) is 5.69 Å². The van der Waals surface area contributed by atoms with Crippen LogP contribution in [0.2, 0.25) is 0 Å². The Hall–Kier alpha value is -1.50. The Labute approximate surface area is 79.8 Å². The predicted molar refractivity (Wildman–Crippen MR) is 58.6 cm³/mol. The highest BCUT2D eigenvalue weighted by molar-refractivity contribution is 5.44. The van der Waals surface area contributed by atoms with Crippen LogP contribution in [0.1, 0.15) is 13.3 Å². The van der Waals surface area contributed by atoms with E-state index >= 15 is 0 Å². The number of anilines is 1. The van der Waals surface area contributed by atoms with Gasteiger partial charge in [0.05, 0.1) is 0 Å². The van der Waals surface area contributed by atoms with Gasteiger partial charge in [0.15, 0.2) is 0 Å². The number of allylic oxidation sites excluding steroid dienone is 3. The van der Waals surface area contributed by atoms with E-state index in [1.54, 1.807) is 0 Å². The van der Waals surface area contributed by atoms with E-state index < -0.39 is 0 Å². The van der Waals surface area contributed by atoms with Gasteiger partial charge in [0, 0.05) is 5.69 Å². The molecule has 0 aliphatic carbocycles. The van der Waals surface area contributed by atoms with Crippen LogP contribution in [0.5, 0.6) is 0 Å². The molecule has 0 saturated heterocycles. The molecule has 1 aromatic carbocycles. The summed E-state index contributed by atoms with van der Waals surface area (Å²) in [6.07, 6.45) is 9.20. The minimum atomic E-state index is 0.982. The van der Waals surface area contributed by atoms with Crippen LogP contribution in [0, 0.1) is 0 Å². The molecule has 0 bridgehead atoms. The first-order chi connectivity index (χ1) is 6.43. The maximum Gasteiger partial charge on any atom is 0.0379 e. The van der Waals surface area contributed by atoms with Crippen molar-refractivity contribution in [3.05, 3.63) is 54.8 Å². The Balaban J connectivity index is 2.31.